The van der Waals surface area contributed by atoms with Crippen LogP contribution in [0.4, 0.5) is 0 Å². The molecular formula is C9H18N2O. The number of carbonyl (C=O) groups is 1. The van der Waals surface area contributed by atoms with E-state index in [2.05, 4.69) is 19.2 Å². The third-order valence-corrected chi connectivity index (χ3v) is 2.23. The van der Waals surface area contributed by atoms with Crippen LogP contribution in [0.1, 0.15) is 26.7 Å². The van der Waals surface area contributed by atoms with Gasteiger partial charge in [0.05, 0.1) is 6.54 Å². The van der Waals surface area contributed by atoms with Gasteiger partial charge in [0.2, 0.25) is 5.91 Å². The summed E-state index contributed by atoms with van der Waals surface area (Å²) in [7, 11) is 0. The number of nitrogens with zero attached hydrogens (tertiary/aromatic N) is 1. The Labute approximate surface area is 74.1 Å². The molecular weight excluding hydrogens is 152 g/mol. The maximum Gasteiger partial charge on any atom is 0.236 e. The van der Waals surface area contributed by atoms with E-state index in [0.29, 0.717) is 12.6 Å². The minimum Gasteiger partial charge on any atom is -0.340 e. The fourth-order valence-corrected chi connectivity index (χ4v) is 1.44. The number of hydrogen-bond acceptors (Lipinski definition) is 2. The topological polar surface area (TPSA) is 32.3 Å². The van der Waals surface area contributed by atoms with Crippen LogP contribution in [0.25, 0.3) is 0 Å². The number of piperazine rings is 1. The zero-order valence-electron chi connectivity index (χ0n) is 7.97. The number of rotatable bonds is 3. The summed E-state index contributed by atoms with van der Waals surface area (Å²) in [5.41, 5.74) is 0. The molecule has 1 aliphatic rings. The highest BCUT2D eigenvalue weighted by Crippen LogP contribution is 2.02. The van der Waals surface area contributed by atoms with E-state index >= 15 is 0 Å². The zero-order valence-corrected chi connectivity index (χ0v) is 7.97. The molecule has 1 N–H and O–H groups in total. The first-order valence-electron chi connectivity index (χ1n) is 4.75. The summed E-state index contributed by atoms with van der Waals surface area (Å²) in [6.45, 7) is 6.59. The predicted molar refractivity (Wildman–Crippen MR) is 49.0 cm³/mol. The Balaban J connectivity index is 2.33. The van der Waals surface area contributed by atoms with Crippen molar-refractivity contribution in [3.05, 3.63) is 0 Å². The van der Waals surface area contributed by atoms with Crippen molar-refractivity contribution in [3.8, 4) is 0 Å². The van der Waals surface area contributed by atoms with Crippen molar-refractivity contribution in [1.29, 1.82) is 0 Å². The lowest BCUT2D eigenvalue weighted by molar-refractivity contribution is -0.132. The van der Waals surface area contributed by atoms with Gasteiger partial charge >= 0.3 is 0 Å². The Hall–Kier alpha value is -0.570. The van der Waals surface area contributed by atoms with Crippen molar-refractivity contribution in [1.82, 2.24) is 10.2 Å². The maximum atomic E-state index is 11.3. The Bertz CT molecular complexity index is 159. The van der Waals surface area contributed by atoms with Gasteiger partial charge in [0, 0.05) is 19.1 Å². The van der Waals surface area contributed by atoms with Crippen LogP contribution < -0.4 is 5.32 Å². The molecule has 3 nitrogen and oxygen atoms in total. The summed E-state index contributed by atoms with van der Waals surface area (Å²) < 4.78 is 0. The van der Waals surface area contributed by atoms with Crippen molar-refractivity contribution in [2.24, 2.45) is 0 Å². The molecule has 1 fully saturated rings. The van der Waals surface area contributed by atoms with Crippen LogP contribution in [0.2, 0.25) is 0 Å². The fraction of sp³-hybridized carbons (Fsp3) is 0.889. The second-order valence-corrected chi connectivity index (χ2v) is 3.48. The molecule has 1 amide bonds. The van der Waals surface area contributed by atoms with Crippen LogP contribution in [-0.4, -0.2) is 36.5 Å². The first-order chi connectivity index (χ1) is 5.74. The molecule has 0 aliphatic carbocycles. The van der Waals surface area contributed by atoms with Gasteiger partial charge in [-0.15, -0.1) is 0 Å². The van der Waals surface area contributed by atoms with Crippen molar-refractivity contribution < 1.29 is 4.79 Å². The average molecular weight is 170 g/mol. The molecule has 0 aromatic heterocycles. The Morgan fingerprint density at radius 3 is 3.08 bits per heavy atom. The molecule has 0 aromatic rings. The van der Waals surface area contributed by atoms with Gasteiger partial charge in [-0.25, -0.2) is 0 Å². The SMILES string of the molecule is CCCCN1C[C@H](C)NCC1=O. The molecule has 0 spiro atoms. The number of unbranched alkanes of at least 4 members (excludes halogenated alkanes) is 1. The van der Waals surface area contributed by atoms with Crippen LogP contribution in [-0.2, 0) is 4.79 Å². The zero-order chi connectivity index (χ0) is 8.97. The van der Waals surface area contributed by atoms with Crippen molar-refractivity contribution in [2.45, 2.75) is 32.7 Å². The van der Waals surface area contributed by atoms with Crippen LogP contribution in [0, 0.1) is 0 Å². The normalized spacial score (nSPS) is 24.7. The highest BCUT2D eigenvalue weighted by atomic mass is 16.2. The lowest BCUT2D eigenvalue weighted by Crippen LogP contribution is -2.52. The van der Waals surface area contributed by atoms with E-state index in [1.165, 1.54) is 0 Å². The molecule has 0 unspecified atom stereocenters. The average Bonchev–Trinajstić information content (AvgIpc) is 2.07. The van der Waals surface area contributed by atoms with Crippen LogP contribution in [0.15, 0.2) is 0 Å². The summed E-state index contributed by atoms with van der Waals surface area (Å²) >= 11 is 0. The van der Waals surface area contributed by atoms with Crippen molar-refractivity contribution in [2.75, 3.05) is 19.6 Å². The summed E-state index contributed by atoms with van der Waals surface area (Å²) in [6, 6.07) is 0.458. The van der Waals surface area contributed by atoms with E-state index < -0.39 is 0 Å². The van der Waals surface area contributed by atoms with E-state index in [1.54, 1.807) is 0 Å². The molecule has 0 saturated carbocycles. The molecule has 3 heteroatoms. The lowest BCUT2D eigenvalue weighted by atomic mass is 10.2. The highest BCUT2D eigenvalue weighted by molar-refractivity contribution is 5.79. The van der Waals surface area contributed by atoms with Gasteiger partial charge in [-0.1, -0.05) is 13.3 Å². The summed E-state index contributed by atoms with van der Waals surface area (Å²) in [6.07, 6.45) is 2.28. The third kappa shape index (κ3) is 2.48. The first-order valence-corrected chi connectivity index (χ1v) is 4.75. The summed E-state index contributed by atoms with van der Waals surface area (Å²) in [5, 5.41) is 3.15. The second-order valence-electron chi connectivity index (χ2n) is 3.48. The minimum absolute atomic E-state index is 0.251. The van der Waals surface area contributed by atoms with Gasteiger partial charge in [0.25, 0.3) is 0 Å². The molecule has 1 aliphatic heterocycles. The highest BCUT2D eigenvalue weighted by Gasteiger charge is 2.20. The van der Waals surface area contributed by atoms with Crippen LogP contribution >= 0.6 is 0 Å². The maximum absolute atomic E-state index is 11.3. The number of nitrogens with one attached hydrogen (secondary N) is 1. The fourth-order valence-electron chi connectivity index (χ4n) is 1.44. The van der Waals surface area contributed by atoms with Gasteiger partial charge in [0.15, 0.2) is 0 Å². The predicted octanol–water partition coefficient (Wildman–Crippen LogP) is 0.607. The Morgan fingerprint density at radius 2 is 2.42 bits per heavy atom. The van der Waals surface area contributed by atoms with E-state index in [4.69, 9.17) is 0 Å². The van der Waals surface area contributed by atoms with Gasteiger partial charge in [-0.3, -0.25) is 4.79 Å². The van der Waals surface area contributed by atoms with E-state index in [9.17, 15) is 4.79 Å². The van der Waals surface area contributed by atoms with Crippen LogP contribution in [0.3, 0.4) is 0 Å². The molecule has 1 rings (SSSR count). The molecule has 0 aromatic carbocycles. The number of amides is 1. The molecule has 1 heterocycles. The third-order valence-electron chi connectivity index (χ3n) is 2.23. The summed E-state index contributed by atoms with van der Waals surface area (Å²) in [5.74, 6) is 0.251. The molecule has 0 radical (unpaired) electrons. The monoisotopic (exact) mass is 170 g/mol. The second kappa shape index (κ2) is 4.45. The number of hydrogen-bond donors (Lipinski definition) is 1. The largest absolute Gasteiger partial charge is 0.340 e. The Kier molecular flexibility index (Phi) is 3.53. The molecule has 1 atom stereocenters. The standard InChI is InChI=1S/C9H18N2O/c1-3-4-5-11-7-8(2)10-6-9(11)12/h8,10H,3-7H2,1-2H3/t8-/m0/s1. The van der Waals surface area contributed by atoms with Gasteiger partial charge in [-0.05, 0) is 13.3 Å². The first kappa shape index (κ1) is 9.52. The van der Waals surface area contributed by atoms with Crippen molar-refractivity contribution in [3.63, 3.8) is 0 Å². The van der Waals surface area contributed by atoms with E-state index in [1.807, 2.05) is 4.90 Å². The van der Waals surface area contributed by atoms with Gasteiger partial charge < -0.3 is 10.2 Å². The van der Waals surface area contributed by atoms with Crippen molar-refractivity contribution >= 4 is 5.91 Å². The Morgan fingerprint density at radius 1 is 1.67 bits per heavy atom. The number of carbonyl (C=O) groups excluding carboxylic acids is 1. The van der Waals surface area contributed by atoms with Gasteiger partial charge in [-0.2, -0.15) is 0 Å². The quantitative estimate of drug-likeness (QED) is 0.673. The smallest absolute Gasteiger partial charge is 0.236 e. The minimum atomic E-state index is 0.251. The summed E-state index contributed by atoms with van der Waals surface area (Å²) in [4.78, 5) is 13.3. The van der Waals surface area contributed by atoms with E-state index in [-0.39, 0.29) is 5.91 Å². The lowest BCUT2D eigenvalue weighted by Gasteiger charge is -2.31. The molecule has 70 valence electrons. The van der Waals surface area contributed by atoms with Crippen LogP contribution in [0.5, 0.6) is 0 Å². The molecule has 12 heavy (non-hydrogen) atoms. The van der Waals surface area contributed by atoms with Gasteiger partial charge in [0.1, 0.15) is 0 Å². The molecule has 0 bridgehead atoms. The molecule has 1 saturated heterocycles. The van der Waals surface area contributed by atoms with E-state index in [0.717, 1.165) is 25.9 Å².